The predicted octanol–water partition coefficient (Wildman–Crippen LogP) is 3.00. The maximum absolute atomic E-state index is 10.9. The van der Waals surface area contributed by atoms with Gasteiger partial charge in [0.05, 0.1) is 5.60 Å². The molecule has 1 heterocycles. The first kappa shape index (κ1) is 13.6. The first-order valence-electron chi connectivity index (χ1n) is 7.07. The molecule has 1 aliphatic heterocycles. The van der Waals surface area contributed by atoms with E-state index in [1.807, 2.05) is 0 Å². The molecule has 1 fully saturated rings. The molecule has 2 nitrogen and oxygen atoms in total. The van der Waals surface area contributed by atoms with E-state index in [1.165, 1.54) is 17.5 Å². The fourth-order valence-corrected chi connectivity index (χ4v) is 2.97. The molecule has 0 bridgehead atoms. The minimum Gasteiger partial charge on any atom is -0.385 e. The average molecular weight is 247 g/mol. The molecule has 0 spiro atoms. The van der Waals surface area contributed by atoms with Gasteiger partial charge in [0.15, 0.2) is 0 Å². The van der Waals surface area contributed by atoms with E-state index in [2.05, 4.69) is 43.9 Å². The number of aliphatic hydroxyl groups is 1. The van der Waals surface area contributed by atoms with Crippen LogP contribution in [0.2, 0.25) is 0 Å². The van der Waals surface area contributed by atoms with Crippen LogP contribution >= 0.6 is 0 Å². The van der Waals surface area contributed by atoms with E-state index in [4.69, 9.17) is 0 Å². The van der Waals surface area contributed by atoms with Gasteiger partial charge in [0.25, 0.3) is 0 Å². The summed E-state index contributed by atoms with van der Waals surface area (Å²) in [5.74, 6) is 0. The Morgan fingerprint density at radius 1 is 1.22 bits per heavy atom. The summed E-state index contributed by atoms with van der Waals surface area (Å²) in [7, 11) is 0. The molecular formula is C16H25NO. The number of benzene rings is 1. The van der Waals surface area contributed by atoms with Crippen molar-refractivity contribution in [3.8, 4) is 0 Å². The van der Waals surface area contributed by atoms with Crippen LogP contribution in [0.15, 0.2) is 18.2 Å². The van der Waals surface area contributed by atoms with Crippen molar-refractivity contribution in [3.63, 3.8) is 0 Å². The van der Waals surface area contributed by atoms with Gasteiger partial charge in [0, 0.05) is 13.1 Å². The lowest BCUT2D eigenvalue weighted by Gasteiger charge is -2.39. The topological polar surface area (TPSA) is 23.5 Å². The Balaban J connectivity index is 2.15. The number of rotatable bonds is 3. The molecule has 0 radical (unpaired) electrons. The van der Waals surface area contributed by atoms with Crippen molar-refractivity contribution in [1.29, 1.82) is 0 Å². The van der Waals surface area contributed by atoms with Gasteiger partial charge in [-0.3, -0.25) is 0 Å². The molecule has 2 rings (SSSR count). The van der Waals surface area contributed by atoms with E-state index in [1.54, 1.807) is 0 Å². The van der Waals surface area contributed by atoms with Gasteiger partial charge >= 0.3 is 0 Å². The summed E-state index contributed by atoms with van der Waals surface area (Å²) >= 11 is 0. The van der Waals surface area contributed by atoms with Gasteiger partial charge < -0.3 is 10.0 Å². The number of aryl methyl sites for hydroxylation is 2. The Bertz CT molecular complexity index is 406. The SMILES string of the molecule is CCCN1CCC(O)(c2cc(C)ccc2C)CC1. The fraction of sp³-hybridized carbons (Fsp3) is 0.625. The first-order valence-corrected chi connectivity index (χ1v) is 7.07. The average Bonchev–Trinajstić information content (AvgIpc) is 2.36. The van der Waals surface area contributed by atoms with Gasteiger partial charge in [-0.05, 0) is 50.8 Å². The highest BCUT2D eigenvalue weighted by Crippen LogP contribution is 2.35. The Morgan fingerprint density at radius 2 is 1.89 bits per heavy atom. The van der Waals surface area contributed by atoms with Gasteiger partial charge in [0.2, 0.25) is 0 Å². The number of likely N-dealkylation sites (tertiary alicyclic amines) is 1. The second-order valence-corrected chi connectivity index (χ2v) is 5.69. The van der Waals surface area contributed by atoms with Gasteiger partial charge in [0.1, 0.15) is 0 Å². The van der Waals surface area contributed by atoms with E-state index >= 15 is 0 Å². The van der Waals surface area contributed by atoms with E-state index < -0.39 is 5.60 Å². The van der Waals surface area contributed by atoms with Crippen LogP contribution in [0.25, 0.3) is 0 Å². The Labute approximate surface area is 111 Å². The number of nitrogens with zero attached hydrogens (tertiary/aromatic N) is 1. The number of piperidine rings is 1. The third-order valence-corrected chi connectivity index (χ3v) is 4.12. The molecule has 1 aromatic rings. The summed E-state index contributed by atoms with van der Waals surface area (Å²) in [5.41, 5.74) is 2.98. The summed E-state index contributed by atoms with van der Waals surface area (Å²) in [5, 5.41) is 10.9. The van der Waals surface area contributed by atoms with E-state index in [-0.39, 0.29) is 0 Å². The Kier molecular flexibility index (Phi) is 4.08. The van der Waals surface area contributed by atoms with Crippen molar-refractivity contribution in [2.45, 2.75) is 45.6 Å². The van der Waals surface area contributed by atoms with Crippen molar-refractivity contribution >= 4 is 0 Å². The number of hydrogen-bond donors (Lipinski definition) is 1. The van der Waals surface area contributed by atoms with Crippen LogP contribution in [0.3, 0.4) is 0 Å². The summed E-state index contributed by atoms with van der Waals surface area (Å²) in [4.78, 5) is 2.46. The molecule has 0 amide bonds. The van der Waals surface area contributed by atoms with Crippen molar-refractivity contribution in [2.24, 2.45) is 0 Å². The zero-order valence-corrected chi connectivity index (χ0v) is 11.9. The third kappa shape index (κ3) is 2.76. The molecule has 1 aromatic carbocycles. The van der Waals surface area contributed by atoms with Crippen LogP contribution in [-0.2, 0) is 5.60 Å². The second-order valence-electron chi connectivity index (χ2n) is 5.69. The van der Waals surface area contributed by atoms with Crippen LogP contribution in [0.1, 0.15) is 42.9 Å². The zero-order chi connectivity index (χ0) is 13.2. The van der Waals surface area contributed by atoms with Gasteiger partial charge in [-0.25, -0.2) is 0 Å². The molecule has 0 unspecified atom stereocenters. The molecule has 0 aliphatic carbocycles. The summed E-state index contributed by atoms with van der Waals surface area (Å²) in [6, 6.07) is 6.40. The van der Waals surface area contributed by atoms with Crippen LogP contribution in [0.5, 0.6) is 0 Å². The van der Waals surface area contributed by atoms with Gasteiger partial charge in [-0.1, -0.05) is 30.7 Å². The normalized spacial score (nSPS) is 20.0. The monoisotopic (exact) mass is 247 g/mol. The minimum absolute atomic E-state index is 0.611. The third-order valence-electron chi connectivity index (χ3n) is 4.12. The highest BCUT2D eigenvalue weighted by molar-refractivity contribution is 5.35. The lowest BCUT2D eigenvalue weighted by atomic mass is 9.81. The lowest BCUT2D eigenvalue weighted by molar-refractivity contribution is -0.0262. The molecule has 18 heavy (non-hydrogen) atoms. The van der Waals surface area contributed by atoms with Crippen molar-refractivity contribution in [3.05, 3.63) is 34.9 Å². The second kappa shape index (κ2) is 5.41. The fourth-order valence-electron chi connectivity index (χ4n) is 2.97. The Hall–Kier alpha value is -0.860. The maximum Gasteiger partial charge on any atom is 0.0923 e. The summed E-state index contributed by atoms with van der Waals surface area (Å²) in [6.07, 6.45) is 2.91. The zero-order valence-electron chi connectivity index (χ0n) is 11.9. The highest BCUT2D eigenvalue weighted by Gasteiger charge is 2.34. The van der Waals surface area contributed by atoms with Crippen LogP contribution < -0.4 is 0 Å². The summed E-state index contributed by atoms with van der Waals surface area (Å²) < 4.78 is 0. The maximum atomic E-state index is 10.9. The molecule has 2 heteroatoms. The van der Waals surface area contributed by atoms with Crippen molar-refractivity contribution < 1.29 is 5.11 Å². The predicted molar refractivity (Wildman–Crippen MR) is 75.8 cm³/mol. The molecular weight excluding hydrogens is 222 g/mol. The minimum atomic E-state index is -0.611. The first-order chi connectivity index (χ1) is 8.55. The molecule has 1 N–H and O–H groups in total. The molecule has 1 aliphatic rings. The standard InChI is InChI=1S/C16H25NO/c1-4-9-17-10-7-16(18,8-11-17)15-12-13(2)5-6-14(15)3/h5-6,12,18H,4,7-11H2,1-3H3. The molecule has 100 valence electrons. The van der Waals surface area contributed by atoms with Crippen molar-refractivity contribution in [2.75, 3.05) is 19.6 Å². The van der Waals surface area contributed by atoms with Gasteiger partial charge in [-0.15, -0.1) is 0 Å². The molecule has 0 aromatic heterocycles. The van der Waals surface area contributed by atoms with Crippen LogP contribution in [0, 0.1) is 13.8 Å². The number of hydrogen-bond acceptors (Lipinski definition) is 2. The van der Waals surface area contributed by atoms with Gasteiger partial charge in [-0.2, -0.15) is 0 Å². The highest BCUT2D eigenvalue weighted by atomic mass is 16.3. The summed E-state index contributed by atoms with van der Waals surface area (Å²) in [6.45, 7) is 9.59. The largest absolute Gasteiger partial charge is 0.385 e. The molecule has 1 saturated heterocycles. The molecule has 0 atom stereocenters. The van der Waals surface area contributed by atoms with Crippen LogP contribution in [-0.4, -0.2) is 29.6 Å². The molecule has 0 saturated carbocycles. The smallest absolute Gasteiger partial charge is 0.0923 e. The Morgan fingerprint density at radius 3 is 2.50 bits per heavy atom. The van der Waals surface area contributed by atoms with Crippen molar-refractivity contribution in [1.82, 2.24) is 4.90 Å². The quantitative estimate of drug-likeness (QED) is 0.887. The van der Waals surface area contributed by atoms with Crippen LogP contribution in [0.4, 0.5) is 0 Å². The lowest BCUT2D eigenvalue weighted by Crippen LogP contribution is -2.43. The van der Waals surface area contributed by atoms with E-state index in [0.29, 0.717) is 0 Å². The van der Waals surface area contributed by atoms with E-state index in [0.717, 1.165) is 38.0 Å². The van der Waals surface area contributed by atoms with E-state index in [9.17, 15) is 5.11 Å².